The molecular weight excluding hydrogens is 410 g/mol. The van der Waals surface area contributed by atoms with Crippen LogP contribution in [0.2, 0.25) is 5.02 Å². The summed E-state index contributed by atoms with van der Waals surface area (Å²) in [5.74, 6) is -0.371. The molecule has 0 aliphatic carbocycles. The second-order valence-electron chi connectivity index (χ2n) is 8.50. The van der Waals surface area contributed by atoms with Gasteiger partial charge in [0.2, 0.25) is 0 Å². The molecule has 2 saturated heterocycles. The standard InChI is InChI=1S/C21H28ClN3O5/c22-16-11-15(18-14(17(16)23)1-8-30-18)19(26)24-12-20(27)2-6-25(7-3-20)13-21(28)4-9-29-10-5-21/h1,8,11,27-28H,2-7,9-10,12-13,23H2,(H,24,26). The summed E-state index contributed by atoms with van der Waals surface area (Å²) < 4.78 is 10.8. The molecule has 1 aromatic heterocycles. The zero-order valence-corrected chi connectivity index (χ0v) is 17.6. The Balaban J connectivity index is 1.34. The fourth-order valence-corrected chi connectivity index (χ4v) is 4.48. The zero-order chi connectivity index (χ0) is 21.4. The van der Waals surface area contributed by atoms with Crippen molar-refractivity contribution in [2.75, 3.05) is 45.1 Å². The Bertz CT molecular complexity index is 917. The van der Waals surface area contributed by atoms with Crippen LogP contribution < -0.4 is 11.1 Å². The van der Waals surface area contributed by atoms with Gasteiger partial charge >= 0.3 is 0 Å². The Morgan fingerprint density at radius 2 is 1.90 bits per heavy atom. The van der Waals surface area contributed by atoms with Crippen LogP contribution in [0, 0.1) is 0 Å². The number of nitrogens with one attached hydrogen (secondary N) is 1. The number of furan rings is 1. The van der Waals surface area contributed by atoms with E-state index < -0.39 is 11.2 Å². The van der Waals surface area contributed by atoms with Crippen molar-refractivity contribution in [2.24, 2.45) is 0 Å². The van der Waals surface area contributed by atoms with E-state index >= 15 is 0 Å². The van der Waals surface area contributed by atoms with E-state index in [2.05, 4.69) is 10.2 Å². The number of amides is 1. The van der Waals surface area contributed by atoms with Crippen LogP contribution in [0.1, 0.15) is 36.0 Å². The van der Waals surface area contributed by atoms with Crippen molar-refractivity contribution < 1.29 is 24.2 Å². The quantitative estimate of drug-likeness (QED) is 0.526. The lowest BCUT2D eigenvalue weighted by atomic mass is 9.88. The van der Waals surface area contributed by atoms with E-state index in [1.807, 2.05) is 0 Å². The molecule has 164 valence electrons. The number of likely N-dealkylation sites (tertiary alicyclic amines) is 1. The van der Waals surface area contributed by atoms with E-state index in [4.69, 9.17) is 26.5 Å². The lowest BCUT2D eigenvalue weighted by molar-refractivity contribution is -0.0935. The largest absolute Gasteiger partial charge is 0.463 e. The molecule has 2 fully saturated rings. The highest BCUT2D eigenvalue weighted by atomic mass is 35.5. The number of carbonyl (C=O) groups excluding carboxylic acids is 1. The second-order valence-corrected chi connectivity index (χ2v) is 8.91. The maximum absolute atomic E-state index is 12.7. The Labute approximate surface area is 179 Å². The Hall–Kier alpha value is -1.84. The molecule has 30 heavy (non-hydrogen) atoms. The average Bonchev–Trinajstić information content (AvgIpc) is 3.21. The van der Waals surface area contributed by atoms with Gasteiger partial charge in [0.25, 0.3) is 5.91 Å². The molecule has 2 aliphatic heterocycles. The number of halogens is 1. The second kappa shape index (κ2) is 8.36. The summed E-state index contributed by atoms with van der Waals surface area (Å²) in [6.45, 7) is 3.19. The topological polar surface area (TPSA) is 121 Å². The van der Waals surface area contributed by atoms with E-state index in [0.29, 0.717) is 75.2 Å². The number of nitrogens with two attached hydrogens (primary N) is 1. The molecule has 5 N–H and O–H groups in total. The predicted octanol–water partition coefficient (Wildman–Crippen LogP) is 1.77. The molecular formula is C21H28ClN3O5. The molecule has 2 aliphatic rings. The summed E-state index contributed by atoms with van der Waals surface area (Å²) in [6.07, 6.45) is 3.76. The smallest absolute Gasteiger partial charge is 0.255 e. The first kappa shape index (κ1) is 21.4. The van der Waals surface area contributed by atoms with Crippen LogP contribution in [-0.2, 0) is 4.74 Å². The van der Waals surface area contributed by atoms with Gasteiger partial charge < -0.3 is 35.3 Å². The normalized spacial score (nSPS) is 21.6. The summed E-state index contributed by atoms with van der Waals surface area (Å²) in [5.41, 5.74) is 5.26. The van der Waals surface area contributed by atoms with Crippen molar-refractivity contribution in [2.45, 2.75) is 36.9 Å². The predicted molar refractivity (Wildman–Crippen MR) is 114 cm³/mol. The minimum atomic E-state index is -0.996. The molecule has 1 aromatic carbocycles. The maximum atomic E-state index is 12.7. The molecule has 0 spiro atoms. The number of aliphatic hydroxyl groups is 2. The van der Waals surface area contributed by atoms with Crippen molar-refractivity contribution in [3.05, 3.63) is 29.0 Å². The number of β-amino-alcohol motifs (C(OH)–C–C–N with tert-alkyl or cyclic N) is 1. The number of carbonyl (C=O) groups is 1. The summed E-state index contributed by atoms with van der Waals surface area (Å²) in [5, 5.41) is 25.3. The van der Waals surface area contributed by atoms with Gasteiger partial charge in [-0.15, -0.1) is 0 Å². The van der Waals surface area contributed by atoms with Gasteiger partial charge in [0.15, 0.2) is 0 Å². The van der Waals surface area contributed by atoms with Crippen molar-refractivity contribution in [1.29, 1.82) is 0 Å². The molecule has 9 heteroatoms. The fourth-order valence-electron chi connectivity index (χ4n) is 4.27. The first-order valence-corrected chi connectivity index (χ1v) is 10.6. The summed E-state index contributed by atoms with van der Waals surface area (Å²) >= 11 is 6.15. The highest BCUT2D eigenvalue weighted by Gasteiger charge is 2.37. The van der Waals surface area contributed by atoms with Crippen LogP contribution in [-0.4, -0.2) is 71.6 Å². The molecule has 0 unspecified atom stereocenters. The highest BCUT2D eigenvalue weighted by molar-refractivity contribution is 6.35. The number of ether oxygens (including phenoxy) is 1. The number of rotatable bonds is 5. The zero-order valence-electron chi connectivity index (χ0n) is 16.8. The van der Waals surface area contributed by atoms with Crippen molar-refractivity contribution >= 4 is 34.2 Å². The van der Waals surface area contributed by atoms with E-state index in [0.717, 1.165) is 0 Å². The lowest BCUT2D eigenvalue weighted by Crippen LogP contribution is -2.54. The third-order valence-electron chi connectivity index (χ3n) is 6.28. The first-order chi connectivity index (χ1) is 14.3. The SMILES string of the molecule is Nc1c(Cl)cc(C(=O)NCC2(O)CCN(CC3(O)CCOCC3)CC2)c2occc12. The number of benzene rings is 1. The van der Waals surface area contributed by atoms with Gasteiger partial charge in [-0.3, -0.25) is 4.79 Å². The minimum absolute atomic E-state index is 0.127. The molecule has 1 amide bonds. The van der Waals surface area contributed by atoms with Gasteiger partial charge in [-0.2, -0.15) is 0 Å². The van der Waals surface area contributed by atoms with E-state index in [1.165, 1.54) is 12.3 Å². The van der Waals surface area contributed by atoms with Gasteiger partial charge in [0.1, 0.15) is 5.58 Å². The number of nitrogens with zero attached hydrogens (tertiary/aromatic N) is 1. The molecule has 3 heterocycles. The third-order valence-corrected chi connectivity index (χ3v) is 6.59. The van der Waals surface area contributed by atoms with Gasteiger partial charge in [-0.05, 0) is 25.0 Å². The molecule has 0 bridgehead atoms. The molecule has 8 nitrogen and oxygen atoms in total. The molecule has 4 rings (SSSR count). The van der Waals surface area contributed by atoms with Crippen LogP contribution in [0.4, 0.5) is 5.69 Å². The number of piperidine rings is 1. The van der Waals surface area contributed by atoms with Crippen molar-refractivity contribution in [3.8, 4) is 0 Å². The van der Waals surface area contributed by atoms with E-state index in [1.54, 1.807) is 6.07 Å². The van der Waals surface area contributed by atoms with Gasteiger partial charge in [-0.1, -0.05) is 11.6 Å². The van der Waals surface area contributed by atoms with Crippen LogP contribution in [0.3, 0.4) is 0 Å². The number of fused-ring (bicyclic) bond motifs is 1. The monoisotopic (exact) mass is 437 g/mol. The van der Waals surface area contributed by atoms with Crippen molar-refractivity contribution in [3.63, 3.8) is 0 Å². The first-order valence-electron chi connectivity index (χ1n) is 10.3. The van der Waals surface area contributed by atoms with Crippen LogP contribution >= 0.6 is 11.6 Å². The lowest BCUT2D eigenvalue weighted by Gasteiger charge is -2.42. The number of nitrogen functional groups attached to an aromatic ring is 1. The van der Waals surface area contributed by atoms with Gasteiger partial charge in [-0.25, -0.2) is 0 Å². The van der Waals surface area contributed by atoms with Crippen LogP contribution in [0.15, 0.2) is 22.8 Å². The number of anilines is 1. The summed E-state index contributed by atoms with van der Waals surface area (Å²) in [7, 11) is 0. The Morgan fingerprint density at radius 1 is 1.20 bits per heavy atom. The van der Waals surface area contributed by atoms with Gasteiger partial charge in [0, 0.05) is 57.6 Å². The Kier molecular flexibility index (Phi) is 5.96. The fraction of sp³-hybridized carbons (Fsp3) is 0.571. The maximum Gasteiger partial charge on any atom is 0.255 e. The molecule has 0 atom stereocenters. The van der Waals surface area contributed by atoms with Gasteiger partial charge in [0.05, 0.1) is 33.7 Å². The minimum Gasteiger partial charge on any atom is -0.463 e. The van der Waals surface area contributed by atoms with Crippen LogP contribution in [0.5, 0.6) is 0 Å². The van der Waals surface area contributed by atoms with Crippen LogP contribution in [0.25, 0.3) is 11.0 Å². The van der Waals surface area contributed by atoms with E-state index in [-0.39, 0.29) is 23.0 Å². The molecule has 0 saturated carbocycles. The average molecular weight is 438 g/mol. The summed E-state index contributed by atoms with van der Waals surface area (Å²) in [6, 6.07) is 3.15. The Morgan fingerprint density at radius 3 is 2.60 bits per heavy atom. The third kappa shape index (κ3) is 4.43. The molecule has 0 radical (unpaired) electrons. The van der Waals surface area contributed by atoms with E-state index in [9.17, 15) is 15.0 Å². The molecule has 2 aromatic rings. The summed E-state index contributed by atoms with van der Waals surface area (Å²) in [4.78, 5) is 14.9. The highest BCUT2D eigenvalue weighted by Crippen LogP contribution is 2.33. The number of hydrogen-bond acceptors (Lipinski definition) is 7. The van der Waals surface area contributed by atoms with Crippen molar-refractivity contribution in [1.82, 2.24) is 10.2 Å². The number of hydrogen-bond donors (Lipinski definition) is 4.